The molecule has 1 aliphatic heterocycles. The molecule has 6 heteroatoms. The highest BCUT2D eigenvalue weighted by atomic mass is 79.9. The Labute approximate surface area is 127 Å². The van der Waals surface area contributed by atoms with Gasteiger partial charge in [-0.1, -0.05) is 22.0 Å². The second-order valence-electron chi connectivity index (χ2n) is 5.97. The van der Waals surface area contributed by atoms with Gasteiger partial charge in [0.1, 0.15) is 0 Å². The molecule has 1 heterocycles. The van der Waals surface area contributed by atoms with Gasteiger partial charge in [0, 0.05) is 24.0 Å². The van der Waals surface area contributed by atoms with Crippen molar-refractivity contribution in [2.45, 2.75) is 25.0 Å². The molecule has 20 heavy (non-hydrogen) atoms. The lowest BCUT2D eigenvalue weighted by molar-refractivity contribution is -0.0205. The van der Waals surface area contributed by atoms with Crippen LogP contribution in [0.4, 0.5) is 0 Å². The average Bonchev–Trinajstić information content (AvgIpc) is 2.59. The first kappa shape index (κ1) is 14.5. The Kier molecular flexibility index (Phi) is 3.48. The number of benzene rings is 1. The third-order valence-electron chi connectivity index (χ3n) is 4.28. The van der Waals surface area contributed by atoms with Crippen molar-refractivity contribution < 1.29 is 13.5 Å². The lowest BCUT2D eigenvalue weighted by Crippen LogP contribution is -2.48. The van der Waals surface area contributed by atoms with Crippen molar-refractivity contribution in [2.75, 3.05) is 24.6 Å². The van der Waals surface area contributed by atoms with Crippen molar-refractivity contribution in [1.82, 2.24) is 4.90 Å². The van der Waals surface area contributed by atoms with Gasteiger partial charge in [-0.15, -0.1) is 0 Å². The minimum Gasteiger partial charge on any atom is -0.388 e. The molecule has 110 valence electrons. The molecule has 0 bridgehead atoms. The first-order valence-electron chi connectivity index (χ1n) is 6.74. The second kappa shape index (κ2) is 4.80. The van der Waals surface area contributed by atoms with E-state index in [-0.39, 0.29) is 17.5 Å². The third-order valence-corrected chi connectivity index (χ3v) is 6.38. The van der Waals surface area contributed by atoms with Gasteiger partial charge in [-0.3, -0.25) is 4.90 Å². The molecule has 0 aromatic heterocycles. The molecule has 0 saturated carbocycles. The summed E-state index contributed by atoms with van der Waals surface area (Å²) in [6.07, 6.45) is 0.607. The van der Waals surface area contributed by atoms with E-state index >= 15 is 0 Å². The van der Waals surface area contributed by atoms with Gasteiger partial charge in [-0.25, -0.2) is 8.42 Å². The topological polar surface area (TPSA) is 57.6 Å². The summed E-state index contributed by atoms with van der Waals surface area (Å²) in [4.78, 5) is 2.11. The monoisotopic (exact) mass is 359 g/mol. The first-order valence-corrected chi connectivity index (χ1v) is 9.35. The van der Waals surface area contributed by atoms with E-state index < -0.39 is 15.4 Å². The van der Waals surface area contributed by atoms with Crippen LogP contribution in [0, 0.1) is 0 Å². The Morgan fingerprint density at radius 1 is 1.35 bits per heavy atom. The summed E-state index contributed by atoms with van der Waals surface area (Å²) in [5.74, 6) is 0.372. The smallest absolute Gasteiger partial charge is 0.152 e. The SMILES string of the molecule is CC1(O)Cc2cc(Br)ccc2C1N1CCS(=O)(=O)CC1. The van der Waals surface area contributed by atoms with Crippen LogP contribution in [0.1, 0.15) is 24.1 Å². The van der Waals surface area contributed by atoms with E-state index in [1.54, 1.807) is 0 Å². The maximum absolute atomic E-state index is 11.6. The molecular weight excluding hydrogens is 342 g/mol. The predicted octanol–water partition coefficient (Wildman–Crippen LogP) is 1.53. The molecular formula is C14H18BrNO3S. The minimum atomic E-state index is -2.90. The number of halogens is 1. The van der Waals surface area contributed by atoms with Crippen LogP contribution in [0.25, 0.3) is 0 Å². The molecule has 1 aliphatic carbocycles. The van der Waals surface area contributed by atoms with Crippen LogP contribution in [0.2, 0.25) is 0 Å². The van der Waals surface area contributed by atoms with Crippen molar-refractivity contribution >= 4 is 25.8 Å². The van der Waals surface area contributed by atoms with Crippen LogP contribution < -0.4 is 0 Å². The lowest BCUT2D eigenvalue weighted by Gasteiger charge is -2.38. The number of fused-ring (bicyclic) bond motifs is 1. The van der Waals surface area contributed by atoms with Gasteiger partial charge in [-0.05, 0) is 30.2 Å². The van der Waals surface area contributed by atoms with E-state index in [1.807, 2.05) is 25.1 Å². The number of hydrogen-bond donors (Lipinski definition) is 1. The molecule has 3 rings (SSSR count). The maximum Gasteiger partial charge on any atom is 0.152 e. The minimum absolute atomic E-state index is 0.110. The van der Waals surface area contributed by atoms with Gasteiger partial charge in [0.2, 0.25) is 0 Å². The first-order chi connectivity index (χ1) is 9.28. The zero-order chi connectivity index (χ0) is 14.5. The highest BCUT2D eigenvalue weighted by Gasteiger charge is 2.45. The normalized spacial score (nSPS) is 33.0. The van der Waals surface area contributed by atoms with E-state index in [4.69, 9.17) is 0 Å². The average molecular weight is 360 g/mol. The fraction of sp³-hybridized carbons (Fsp3) is 0.571. The van der Waals surface area contributed by atoms with Gasteiger partial charge < -0.3 is 5.11 Å². The Balaban J connectivity index is 1.93. The Morgan fingerprint density at radius 2 is 2.00 bits per heavy atom. The Hall–Kier alpha value is -0.430. The predicted molar refractivity (Wildman–Crippen MR) is 81.4 cm³/mol. The van der Waals surface area contributed by atoms with E-state index in [9.17, 15) is 13.5 Å². The molecule has 1 fully saturated rings. The molecule has 2 aliphatic rings. The summed E-state index contributed by atoms with van der Waals surface area (Å²) < 4.78 is 24.1. The van der Waals surface area contributed by atoms with Crippen LogP contribution >= 0.6 is 15.9 Å². The van der Waals surface area contributed by atoms with Gasteiger partial charge in [-0.2, -0.15) is 0 Å². The molecule has 4 nitrogen and oxygen atoms in total. The number of rotatable bonds is 1. The van der Waals surface area contributed by atoms with Gasteiger partial charge in [0.15, 0.2) is 9.84 Å². The summed E-state index contributed by atoms with van der Waals surface area (Å²) >= 11 is 3.46. The Morgan fingerprint density at radius 3 is 2.65 bits per heavy atom. The van der Waals surface area contributed by atoms with Gasteiger partial charge in [0.25, 0.3) is 0 Å². The van der Waals surface area contributed by atoms with Crippen LogP contribution in [0.5, 0.6) is 0 Å². The highest BCUT2D eigenvalue weighted by molar-refractivity contribution is 9.10. The molecule has 1 aromatic rings. The summed E-state index contributed by atoms with van der Waals surface area (Å²) in [5, 5.41) is 10.7. The third kappa shape index (κ3) is 2.54. The molecule has 2 atom stereocenters. The van der Waals surface area contributed by atoms with Crippen molar-refractivity contribution in [2.24, 2.45) is 0 Å². The lowest BCUT2D eigenvalue weighted by atomic mass is 9.96. The van der Waals surface area contributed by atoms with Gasteiger partial charge in [0.05, 0.1) is 23.1 Å². The van der Waals surface area contributed by atoms with E-state index in [1.165, 1.54) is 0 Å². The van der Waals surface area contributed by atoms with E-state index in [2.05, 4.69) is 20.8 Å². The summed E-state index contributed by atoms with van der Waals surface area (Å²) in [6.45, 7) is 2.84. The second-order valence-corrected chi connectivity index (χ2v) is 9.19. The van der Waals surface area contributed by atoms with Gasteiger partial charge >= 0.3 is 0 Å². The van der Waals surface area contributed by atoms with E-state index in [0.29, 0.717) is 19.5 Å². The van der Waals surface area contributed by atoms with Crippen molar-refractivity contribution in [1.29, 1.82) is 0 Å². The molecule has 0 amide bonds. The van der Waals surface area contributed by atoms with Crippen LogP contribution in [-0.2, 0) is 16.3 Å². The molecule has 1 N–H and O–H groups in total. The van der Waals surface area contributed by atoms with Crippen LogP contribution in [0.3, 0.4) is 0 Å². The molecule has 0 radical (unpaired) electrons. The summed E-state index contributed by atoms with van der Waals surface area (Å²) in [5.41, 5.74) is 1.42. The van der Waals surface area contributed by atoms with E-state index in [0.717, 1.165) is 15.6 Å². The van der Waals surface area contributed by atoms with Crippen molar-refractivity contribution in [3.05, 3.63) is 33.8 Å². The number of sulfone groups is 1. The molecule has 1 saturated heterocycles. The van der Waals surface area contributed by atoms with Crippen LogP contribution in [-0.4, -0.2) is 48.6 Å². The van der Waals surface area contributed by atoms with Crippen molar-refractivity contribution in [3.8, 4) is 0 Å². The number of nitrogens with zero attached hydrogens (tertiary/aromatic N) is 1. The number of aliphatic hydroxyl groups is 1. The zero-order valence-electron chi connectivity index (χ0n) is 11.3. The molecule has 2 unspecified atom stereocenters. The number of hydrogen-bond acceptors (Lipinski definition) is 4. The highest BCUT2D eigenvalue weighted by Crippen LogP contribution is 2.44. The Bertz CT molecular complexity index is 628. The van der Waals surface area contributed by atoms with Crippen molar-refractivity contribution in [3.63, 3.8) is 0 Å². The standard InChI is InChI=1S/C14H18BrNO3S/c1-14(17)9-10-8-11(15)2-3-12(10)13(14)16-4-6-20(18,19)7-5-16/h2-3,8,13,17H,4-7,9H2,1H3. The fourth-order valence-corrected chi connectivity index (χ4v) is 5.02. The largest absolute Gasteiger partial charge is 0.388 e. The summed E-state index contributed by atoms with van der Waals surface area (Å²) in [6, 6.07) is 5.95. The van der Waals surface area contributed by atoms with Crippen LogP contribution in [0.15, 0.2) is 22.7 Å². The quantitative estimate of drug-likeness (QED) is 0.825. The molecule has 1 aromatic carbocycles. The molecule has 0 spiro atoms. The summed E-state index contributed by atoms with van der Waals surface area (Å²) in [7, 11) is -2.90. The zero-order valence-corrected chi connectivity index (χ0v) is 13.7. The maximum atomic E-state index is 11.6. The fourth-order valence-electron chi connectivity index (χ4n) is 3.39.